The average molecular weight is 290 g/mol. The van der Waals surface area contributed by atoms with Gasteiger partial charge in [0, 0.05) is 18.8 Å². The second kappa shape index (κ2) is 5.92. The van der Waals surface area contributed by atoms with Gasteiger partial charge in [0.25, 0.3) is 5.91 Å². The molecule has 1 aromatic rings. The van der Waals surface area contributed by atoms with E-state index in [1.807, 2.05) is 22.9 Å². The molecule has 0 spiro atoms. The Morgan fingerprint density at radius 3 is 2.57 bits per heavy atom. The van der Waals surface area contributed by atoms with Gasteiger partial charge in [-0.2, -0.15) is 0 Å². The first-order valence-corrected chi connectivity index (χ1v) is 7.89. The highest BCUT2D eigenvalue weighted by molar-refractivity contribution is 5.95. The van der Waals surface area contributed by atoms with Crippen LogP contribution >= 0.6 is 0 Å². The van der Waals surface area contributed by atoms with E-state index in [4.69, 9.17) is 0 Å². The molecule has 1 amide bonds. The number of likely N-dealkylation sites (tertiary alicyclic amines) is 1. The Morgan fingerprint density at radius 1 is 1.10 bits per heavy atom. The minimum atomic E-state index is -0.882. The third-order valence-corrected chi connectivity index (χ3v) is 4.76. The topological polar surface area (TPSA) is 62.5 Å². The van der Waals surface area contributed by atoms with Crippen LogP contribution in [0.15, 0.2) is 18.3 Å². The molecular weight excluding hydrogens is 268 g/mol. The summed E-state index contributed by atoms with van der Waals surface area (Å²) in [5.74, 6) is -1.01. The molecule has 0 bridgehead atoms. The molecule has 1 saturated heterocycles. The van der Waals surface area contributed by atoms with Crippen molar-refractivity contribution in [1.82, 2.24) is 9.47 Å². The Morgan fingerprint density at radius 2 is 1.90 bits per heavy atom. The lowest BCUT2D eigenvalue weighted by Gasteiger charge is -2.31. The van der Waals surface area contributed by atoms with Gasteiger partial charge in [0.2, 0.25) is 0 Å². The molecule has 1 saturated carbocycles. The van der Waals surface area contributed by atoms with Gasteiger partial charge in [-0.15, -0.1) is 0 Å². The van der Waals surface area contributed by atoms with Crippen molar-refractivity contribution in [3.05, 3.63) is 24.0 Å². The quantitative estimate of drug-likeness (QED) is 0.931. The zero-order valence-electron chi connectivity index (χ0n) is 12.2. The molecule has 2 aliphatic rings. The van der Waals surface area contributed by atoms with E-state index < -0.39 is 12.0 Å². The molecule has 1 aromatic heterocycles. The zero-order chi connectivity index (χ0) is 14.8. The van der Waals surface area contributed by atoms with Crippen LogP contribution in [-0.4, -0.2) is 39.0 Å². The molecule has 5 heteroatoms. The summed E-state index contributed by atoms with van der Waals surface area (Å²) in [5.41, 5.74) is 0.646. The van der Waals surface area contributed by atoms with Crippen molar-refractivity contribution in [3.63, 3.8) is 0 Å². The van der Waals surface area contributed by atoms with Gasteiger partial charge in [-0.1, -0.05) is 12.8 Å². The van der Waals surface area contributed by atoms with Gasteiger partial charge in [-0.05, 0) is 44.2 Å². The van der Waals surface area contributed by atoms with Crippen LogP contribution in [0.4, 0.5) is 0 Å². The highest BCUT2D eigenvalue weighted by Gasteiger charge is 2.33. The van der Waals surface area contributed by atoms with Gasteiger partial charge in [-0.25, -0.2) is 4.79 Å². The van der Waals surface area contributed by atoms with Gasteiger partial charge in [-0.3, -0.25) is 4.79 Å². The van der Waals surface area contributed by atoms with Crippen molar-refractivity contribution in [2.45, 2.75) is 57.0 Å². The summed E-state index contributed by atoms with van der Waals surface area (Å²) in [6.45, 7) is 0.547. The van der Waals surface area contributed by atoms with Gasteiger partial charge >= 0.3 is 5.97 Å². The molecule has 1 aliphatic carbocycles. The first-order chi connectivity index (χ1) is 10.2. The molecule has 1 aliphatic heterocycles. The van der Waals surface area contributed by atoms with Crippen LogP contribution < -0.4 is 0 Å². The van der Waals surface area contributed by atoms with Gasteiger partial charge in [0.05, 0.1) is 0 Å². The Bertz CT molecular complexity index is 533. The maximum atomic E-state index is 12.8. The summed E-state index contributed by atoms with van der Waals surface area (Å²) in [5, 5.41) is 9.42. The maximum Gasteiger partial charge on any atom is 0.326 e. The molecule has 0 aromatic carbocycles. The second-order valence-electron chi connectivity index (χ2n) is 6.09. The number of aromatic nitrogens is 1. The fourth-order valence-corrected chi connectivity index (χ4v) is 3.31. The van der Waals surface area contributed by atoms with Crippen molar-refractivity contribution in [2.24, 2.45) is 0 Å². The third kappa shape index (κ3) is 2.69. The van der Waals surface area contributed by atoms with Crippen molar-refractivity contribution in [1.29, 1.82) is 0 Å². The molecule has 3 rings (SSSR count). The number of hydrogen-bond donors (Lipinski definition) is 1. The fourth-order valence-electron chi connectivity index (χ4n) is 3.31. The summed E-state index contributed by atoms with van der Waals surface area (Å²) in [4.78, 5) is 25.9. The smallest absolute Gasteiger partial charge is 0.326 e. The highest BCUT2D eigenvalue weighted by atomic mass is 16.4. The second-order valence-corrected chi connectivity index (χ2v) is 6.09. The van der Waals surface area contributed by atoms with E-state index in [9.17, 15) is 14.7 Å². The average Bonchev–Trinajstić information content (AvgIpc) is 2.72. The van der Waals surface area contributed by atoms with Crippen LogP contribution in [0.5, 0.6) is 0 Å². The Balaban J connectivity index is 1.85. The van der Waals surface area contributed by atoms with E-state index in [1.165, 1.54) is 6.42 Å². The number of carboxylic acids is 1. The molecule has 1 unspecified atom stereocenters. The Hall–Kier alpha value is -1.78. The lowest BCUT2D eigenvalue weighted by molar-refractivity contribution is -0.142. The molecule has 1 N–H and O–H groups in total. The molecule has 21 heavy (non-hydrogen) atoms. The van der Waals surface area contributed by atoms with Crippen LogP contribution in [0, 0.1) is 0 Å². The van der Waals surface area contributed by atoms with Gasteiger partial charge < -0.3 is 14.6 Å². The highest BCUT2D eigenvalue weighted by Crippen LogP contribution is 2.33. The van der Waals surface area contributed by atoms with Crippen molar-refractivity contribution in [2.75, 3.05) is 6.54 Å². The number of hydrogen-bond acceptors (Lipinski definition) is 2. The summed E-state index contributed by atoms with van der Waals surface area (Å²) in [6.07, 6.45) is 8.70. The number of carbonyl (C=O) groups excluding carboxylic acids is 1. The number of rotatable bonds is 3. The zero-order valence-corrected chi connectivity index (χ0v) is 12.2. The molecule has 1 atom stereocenters. The van der Waals surface area contributed by atoms with Gasteiger partial charge in [0.1, 0.15) is 11.7 Å². The minimum absolute atomic E-state index is 0.124. The SMILES string of the molecule is O=C(O)C1CCCCCN1C(=O)c1cccn1C1CCC1. The molecule has 2 fully saturated rings. The largest absolute Gasteiger partial charge is 0.480 e. The van der Waals surface area contributed by atoms with Crippen LogP contribution in [0.25, 0.3) is 0 Å². The fraction of sp³-hybridized carbons (Fsp3) is 0.625. The monoisotopic (exact) mass is 290 g/mol. The number of carboxylic acid groups (broad SMARTS) is 1. The molecule has 0 radical (unpaired) electrons. The predicted octanol–water partition coefficient (Wildman–Crippen LogP) is 2.68. The minimum Gasteiger partial charge on any atom is -0.480 e. The van der Waals surface area contributed by atoms with E-state index in [0.29, 0.717) is 24.7 Å². The van der Waals surface area contributed by atoms with Crippen molar-refractivity contribution >= 4 is 11.9 Å². The van der Waals surface area contributed by atoms with Crippen LogP contribution in [-0.2, 0) is 4.79 Å². The van der Waals surface area contributed by atoms with E-state index in [1.54, 1.807) is 4.90 Å². The number of nitrogens with zero attached hydrogens (tertiary/aromatic N) is 2. The van der Waals surface area contributed by atoms with Crippen LogP contribution in [0.1, 0.15) is 61.5 Å². The summed E-state index contributed by atoms with van der Waals surface area (Å²) >= 11 is 0. The first-order valence-electron chi connectivity index (χ1n) is 7.89. The summed E-state index contributed by atoms with van der Waals surface area (Å²) in [6, 6.07) is 3.45. The van der Waals surface area contributed by atoms with Crippen LogP contribution in [0.3, 0.4) is 0 Å². The van der Waals surface area contributed by atoms with Gasteiger partial charge in [0.15, 0.2) is 0 Å². The Kier molecular flexibility index (Phi) is 3.99. The molecule has 5 nitrogen and oxygen atoms in total. The van der Waals surface area contributed by atoms with E-state index in [0.717, 1.165) is 32.1 Å². The molecule has 114 valence electrons. The van der Waals surface area contributed by atoms with E-state index in [2.05, 4.69) is 0 Å². The summed E-state index contributed by atoms with van der Waals surface area (Å²) in [7, 11) is 0. The molecule has 2 heterocycles. The molecular formula is C16H22N2O3. The van der Waals surface area contributed by atoms with Crippen molar-refractivity contribution in [3.8, 4) is 0 Å². The third-order valence-electron chi connectivity index (χ3n) is 4.76. The maximum absolute atomic E-state index is 12.8. The lowest BCUT2D eigenvalue weighted by Crippen LogP contribution is -2.45. The number of aliphatic carboxylic acids is 1. The Labute approximate surface area is 124 Å². The van der Waals surface area contributed by atoms with E-state index in [-0.39, 0.29) is 5.91 Å². The normalized spacial score (nSPS) is 23.4. The summed E-state index contributed by atoms with van der Waals surface area (Å²) < 4.78 is 2.04. The van der Waals surface area contributed by atoms with Crippen LogP contribution in [0.2, 0.25) is 0 Å². The van der Waals surface area contributed by atoms with E-state index >= 15 is 0 Å². The van der Waals surface area contributed by atoms with Crippen molar-refractivity contribution < 1.29 is 14.7 Å². The lowest BCUT2D eigenvalue weighted by atomic mass is 9.93. The first kappa shape index (κ1) is 14.2. The predicted molar refractivity (Wildman–Crippen MR) is 78.2 cm³/mol. The number of carbonyl (C=O) groups is 2. The number of amides is 1. The standard InChI is InChI=1S/C16H22N2O3/c19-15(13-9-5-11-17(13)12-6-4-7-12)18-10-3-1-2-8-14(18)16(20)21/h5,9,11-12,14H,1-4,6-8,10H2,(H,20,21).